The molecule has 0 aliphatic carbocycles. The van der Waals surface area contributed by atoms with Gasteiger partial charge in [-0.1, -0.05) is 0 Å². The summed E-state index contributed by atoms with van der Waals surface area (Å²) < 4.78 is 2.55. The van der Waals surface area contributed by atoms with Gasteiger partial charge in [-0.3, -0.25) is 9.20 Å². The van der Waals surface area contributed by atoms with E-state index in [1.165, 1.54) is 11.3 Å². The molecule has 0 bridgehead atoms. The first-order valence-corrected chi connectivity index (χ1v) is 4.56. The summed E-state index contributed by atoms with van der Waals surface area (Å²) in [6, 6.07) is 0. The molecular formula is C6H3BrN2OS. The Morgan fingerprint density at radius 1 is 1.73 bits per heavy atom. The lowest BCUT2D eigenvalue weighted by Gasteiger charge is -1.83. The molecule has 2 rings (SSSR count). The lowest BCUT2D eigenvalue weighted by atomic mass is 10.5. The van der Waals surface area contributed by atoms with E-state index in [1.807, 2.05) is 16.0 Å². The summed E-state index contributed by atoms with van der Waals surface area (Å²) in [6.07, 6.45) is 2.61. The minimum absolute atomic E-state index is 0.455. The zero-order valence-electron chi connectivity index (χ0n) is 5.32. The van der Waals surface area contributed by atoms with E-state index in [-0.39, 0.29) is 0 Å². The molecule has 0 N–H and O–H groups in total. The Kier molecular flexibility index (Phi) is 1.54. The molecule has 0 saturated carbocycles. The van der Waals surface area contributed by atoms with Crippen LogP contribution >= 0.6 is 27.3 Å². The largest absolute Gasteiger partial charge is 0.296 e. The third kappa shape index (κ3) is 0.918. The van der Waals surface area contributed by atoms with Gasteiger partial charge >= 0.3 is 0 Å². The first-order valence-electron chi connectivity index (χ1n) is 2.89. The van der Waals surface area contributed by atoms with E-state index >= 15 is 0 Å². The molecule has 0 aliphatic heterocycles. The van der Waals surface area contributed by atoms with Crippen LogP contribution in [0.3, 0.4) is 0 Å². The smallest absolute Gasteiger partial charge is 0.195 e. The van der Waals surface area contributed by atoms with Crippen molar-refractivity contribution in [3.05, 3.63) is 21.9 Å². The highest BCUT2D eigenvalue weighted by Crippen LogP contribution is 2.20. The molecule has 2 aromatic heterocycles. The maximum Gasteiger partial charge on any atom is 0.195 e. The Morgan fingerprint density at radius 2 is 2.55 bits per heavy atom. The predicted molar refractivity (Wildman–Crippen MR) is 46.2 cm³/mol. The average molecular weight is 231 g/mol. The number of nitrogens with zero attached hydrogens (tertiary/aromatic N) is 2. The molecular weight excluding hydrogens is 228 g/mol. The van der Waals surface area contributed by atoms with Gasteiger partial charge in [0.15, 0.2) is 11.2 Å². The minimum atomic E-state index is 0.455. The predicted octanol–water partition coefficient (Wildman–Crippen LogP) is 1.97. The van der Waals surface area contributed by atoms with Crippen molar-refractivity contribution in [3.8, 4) is 0 Å². The second-order valence-electron chi connectivity index (χ2n) is 1.96. The fourth-order valence-corrected chi connectivity index (χ4v) is 2.16. The molecule has 56 valence electrons. The van der Waals surface area contributed by atoms with Crippen LogP contribution in [0.1, 0.15) is 10.5 Å². The molecule has 0 amide bonds. The van der Waals surface area contributed by atoms with Crippen LogP contribution in [0, 0.1) is 0 Å². The third-order valence-electron chi connectivity index (χ3n) is 1.34. The van der Waals surface area contributed by atoms with Crippen molar-refractivity contribution in [2.75, 3.05) is 0 Å². The van der Waals surface area contributed by atoms with Gasteiger partial charge in [-0.05, 0) is 15.9 Å². The minimum Gasteiger partial charge on any atom is -0.296 e. The number of imidazole rings is 1. The van der Waals surface area contributed by atoms with Gasteiger partial charge in [-0.2, -0.15) is 0 Å². The standard InChI is InChI=1S/C6H3BrN2OS/c7-5-4(3-10)8-6-9(5)1-2-11-6/h1-3H. The Balaban J connectivity index is 2.86. The van der Waals surface area contributed by atoms with E-state index < -0.39 is 0 Å². The Labute approximate surface area is 74.8 Å². The van der Waals surface area contributed by atoms with Crippen molar-refractivity contribution < 1.29 is 4.79 Å². The van der Waals surface area contributed by atoms with E-state index in [9.17, 15) is 4.79 Å². The van der Waals surface area contributed by atoms with Crippen molar-refractivity contribution in [3.63, 3.8) is 0 Å². The van der Waals surface area contributed by atoms with Crippen LogP contribution in [0.4, 0.5) is 0 Å². The van der Waals surface area contributed by atoms with Crippen molar-refractivity contribution >= 4 is 38.5 Å². The van der Waals surface area contributed by atoms with Crippen LogP contribution in [0.5, 0.6) is 0 Å². The van der Waals surface area contributed by atoms with Crippen molar-refractivity contribution in [2.24, 2.45) is 0 Å². The van der Waals surface area contributed by atoms with Gasteiger partial charge in [0, 0.05) is 11.6 Å². The molecule has 0 aromatic carbocycles. The van der Waals surface area contributed by atoms with Crippen molar-refractivity contribution in [2.45, 2.75) is 0 Å². The van der Waals surface area contributed by atoms with Crippen LogP contribution in [-0.2, 0) is 0 Å². The highest BCUT2D eigenvalue weighted by molar-refractivity contribution is 9.10. The maximum absolute atomic E-state index is 10.4. The summed E-state index contributed by atoms with van der Waals surface area (Å²) in [6.45, 7) is 0. The topological polar surface area (TPSA) is 34.4 Å². The van der Waals surface area contributed by atoms with Gasteiger partial charge < -0.3 is 0 Å². The molecule has 3 nitrogen and oxygen atoms in total. The molecule has 0 unspecified atom stereocenters. The summed E-state index contributed by atoms with van der Waals surface area (Å²) in [7, 11) is 0. The lowest BCUT2D eigenvalue weighted by molar-refractivity contribution is 0.111. The number of fused-ring (bicyclic) bond motifs is 1. The molecule has 0 saturated heterocycles. The molecule has 2 heterocycles. The van der Waals surface area contributed by atoms with Crippen LogP contribution in [0.25, 0.3) is 4.96 Å². The molecule has 0 radical (unpaired) electrons. The summed E-state index contributed by atoms with van der Waals surface area (Å²) in [5, 5.41) is 1.92. The number of thiazole rings is 1. The maximum atomic E-state index is 10.4. The van der Waals surface area contributed by atoms with Crippen molar-refractivity contribution in [1.29, 1.82) is 0 Å². The fourth-order valence-electron chi connectivity index (χ4n) is 0.850. The Hall–Kier alpha value is -0.680. The average Bonchev–Trinajstić information content (AvgIpc) is 2.53. The fraction of sp³-hybridized carbons (Fsp3) is 0. The molecule has 0 atom stereocenters. The first-order chi connectivity index (χ1) is 5.33. The van der Waals surface area contributed by atoms with Gasteiger partial charge in [0.05, 0.1) is 0 Å². The quantitative estimate of drug-likeness (QED) is 0.703. The number of rotatable bonds is 1. The van der Waals surface area contributed by atoms with Gasteiger partial charge in [-0.15, -0.1) is 11.3 Å². The highest BCUT2D eigenvalue weighted by Gasteiger charge is 2.07. The van der Waals surface area contributed by atoms with Crippen LogP contribution in [0.2, 0.25) is 0 Å². The monoisotopic (exact) mass is 230 g/mol. The lowest BCUT2D eigenvalue weighted by Crippen LogP contribution is -1.80. The first kappa shape index (κ1) is 7.00. The molecule has 0 aliphatic rings. The number of hydrogen-bond acceptors (Lipinski definition) is 3. The second kappa shape index (κ2) is 2.42. The summed E-state index contributed by atoms with van der Waals surface area (Å²) in [5.41, 5.74) is 0.455. The molecule has 5 heteroatoms. The van der Waals surface area contributed by atoms with E-state index in [2.05, 4.69) is 20.9 Å². The molecule has 11 heavy (non-hydrogen) atoms. The Bertz CT molecular complexity index is 406. The van der Waals surface area contributed by atoms with E-state index in [0.717, 1.165) is 15.9 Å². The SMILES string of the molecule is O=Cc1nc2sccn2c1Br. The van der Waals surface area contributed by atoms with Gasteiger partial charge in [0.25, 0.3) is 0 Å². The number of hydrogen-bond donors (Lipinski definition) is 0. The van der Waals surface area contributed by atoms with Crippen LogP contribution in [0.15, 0.2) is 16.2 Å². The normalized spacial score (nSPS) is 10.6. The summed E-state index contributed by atoms with van der Waals surface area (Å²) >= 11 is 4.77. The second-order valence-corrected chi connectivity index (χ2v) is 3.59. The molecule has 2 aromatic rings. The number of aldehydes is 1. The highest BCUT2D eigenvalue weighted by atomic mass is 79.9. The number of aromatic nitrogens is 2. The zero-order chi connectivity index (χ0) is 7.84. The van der Waals surface area contributed by atoms with E-state index in [0.29, 0.717) is 5.69 Å². The van der Waals surface area contributed by atoms with Crippen LogP contribution < -0.4 is 0 Å². The van der Waals surface area contributed by atoms with Gasteiger partial charge in [0.2, 0.25) is 0 Å². The summed E-state index contributed by atoms with van der Waals surface area (Å²) in [4.78, 5) is 15.3. The molecule has 0 spiro atoms. The van der Waals surface area contributed by atoms with Gasteiger partial charge in [0.1, 0.15) is 10.3 Å². The third-order valence-corrected chi connectivity index (χ3v) is 2.88. The van der Waals surface area contributed by atoms with Crippen molar-refractivity contribution in [1.82, 2.24) is 9.38 Å². The van der Waals surface area contributed by atoms with E-state index in [1.54, 1.807) is 0 Å². The summed E-state index contributed by atoms with van der Waals surface area (Å²) in [5.74, 6) is 0. The zero-order valence-corrected chi connectivity index (χ0v) is 7.72. The van der Waals surface area contributed by atoms with Gasteiger partial charge in [-0.25, -0.2) is 4.98 Å². The number of carbonyl (C=O) groups is 1. The Morgan fingerprint density at radius 3 is 3.18 bits per heavy atom. The van der Waals surface area contributed by atoms with E-state index in [4.69, 9.17) is 0 Å². The number of halogens is 1. The van der Waals surface area contributed by atoms with Crippen LogP contribution in [-0.4, -0.2) is 15.7 Å². The molecule has 0 fully saturated rings. The number of carbonyl (C=O) groups excluding carboxylic acids is 1.